The molecule has 4 radical (unpaired) electrons. The van der Waals surface area contributed by atoms with E-state index in [0.717, 1.165) is 11.5 Å². The molecule has 5 nitrogen and oxygen atoms in total. The summed E-state index contributed by atoms with van der Waals surface area (Å²) in [5.74, 6) is 1.42. The van der Waals surface area contributed by atoms with E-state index in [-0.39, 0.29) is 18.0 Å². The molecule has 0 bridgehead atoms. The van der Waals surface area contributed by atoms with E-state index in [9.17, 15) is 4.79 Å². The Morgan fingerprint density at radius 1 is 0.714 bits per heavy atom. The second-order valence-corrected chi connectivity index (χ2v) is 8.20. The van der Waals surface area contributed by atoms with E-state index in [1.807, 2.05) is 27.7 Å². The summed E-state index contributed by atoms with van der Waals surface area (Å²) in [5.41, 5.74) is 1.24. The van der Waals surface area contributed by atoms with Crippen molar-refractivity contribution in [1.29, 1.82) is 0 Å². The first-order chi connectivity index (χ1) is 13.5. The van der Waals surface area contributed by atoms with E-state index < -0.39 is 0 Å². The van der Waals surface area contributed by atoms with Crippen LogP contribution in [-0.2, 0) is 8.85 Å². The van der Waals surface area contributed by atoms with Gasteiger partial charge >= 0.3 is 0 Å². The molecule has 148 valence electrons. The summed E-state index contributed by atoms with van der Waals surface area (Å²) in [4.78, 5) is 12.6. The van der Waals surface area contributed by atoms with Crippen molar-refractivity contribution in [3.63, 3.8) is 0 Å². The molecule has 7 heteroatoms. The minimum absolute atomic E-state index is 0.0341. The lowest BCUT2D eigenvalue weighted by molar-refractivity contribution is 0.103. The van der Waals surface area contributed by atoms with Gasteiger partial charge in [0.05, 0.1) is 0 Å². The van der Waals surface area contributed by atoms with E-state index in [0.29, 0.717) is 43.1 Å². The van der Waals surface area contributed by atoms with Crippen LogP contribution in [0.1, 0.15) is 43.6 Å². The number of rotatable bonds is 12. The van der Waals surface area contributed by atoms with Gasteiger partial charge < -0.3 is 18.3 Å². The van der Waals surface area contributed by atoms with E-state index >= 15 is 0 Å². The van der Waals surface area contributed by atoms with Crippen molar-refractivity contribution in [2.75, 3.05) is 12.5 Å². The van der Waals surface area contributed by atoms with Crippen molar-refractivity contribution < 1.29 is 23.1 Å². The topological polar surface area (TPSA) is 54.0 Å². The molecule has 0 aliphatic rings. The zero-order valence-electron chi connectivity index (χ0n) is 16.7. The van der Waals surface area contributed by atoms with Gasteiger partial charge in [-0.25, -0.2) is 0 Å². The number of hydrogen-bond acceptors (Lipinski definition) is 5. The van der Waals surface area contributed by atoms with Crippen LogP contribution in [0.25, 0.3) is 0 Å². The first kappa shape index (κ1) is 22.4. The monoisotopic (exact) mass is 414 g/mol. The van der Waals surface area contributed by atoms with Crippen LogP contribution in [0.5, 0.6) is 11.5 Å². The lowest BCUT2D eigenvalue weighted by Crippen LogP contribution is -2.15. The van der Waals surface area contributed by atoms with Gasteiger partial charge in [-0.05, 0) is 76.2 Å². The van der Waals surface area contributed by atoms with Crippen LogP contribution < -0.4 is 9.47 Å². The highest BCUT2D eigenvalue weighted by atomic mass is 28.2. The molecular weight excluding hydrogens is 388 g/mol. The quantitative estimate of drug-likeness (QED) is 0.301. The predicted octanol–water partition coefficient (Wildman–Crippen LogP) is 3.68. The Morgan fingerprint density at radius 3 is 1.39 bits per heavy atom. The molecule has 0 saturated heterocycles. The van der Waals surface area contributed by atoms with E-state index in [1.54, 1.807) is 48.5 Å². The minimum atomic E-state index is -0.0341. The smallest absolute Gasteiger partial charge is 0.273 e. The lowest BCUT2D eigenvalue weighted by Gasteiger charge is -2.09. The molecule has 2 aromatic rings. The normalized spacial score (nSPS) is 11.1. The molecule has 0 N–H and O–H groups in total. The molecule has 2 rings (SSSR count). The maximum Gasteiger partial charge on any atom is 0.273 e. The fraction of sp³-hybridized carbons (Fsp3) is 0.381. The van der Waals surface area contributed by atoms with Gasteiger partial charge in [-0.15, -0.1) is 0 Å². The maximum absolute atomic E-state index is 12.6. The molecule has 0 saturated carbocycles. The third kappa shape index (κ3) is 7.97. The zero-order valence-corrected chi connectivity index (χ0v) is 18.7. The van der Waals surface area contributed by atoms with Crippen molar-refractivity contribution in [3.05, 3.63) is 59.7 Å². The average molecular weight is 415 g/mol. The molecule has 0 unspecified atom stereocenters. The number of carbonyl (C=O) groups excluding carboxylic acids is 1. The van der Waals surface area contributed by atoms with Gasteiger partial charge in [-0.1, -0.05) is 0 Å². The van der Waals surface area contributed by atoms with Crippen LogP contribution in [0.4, 0.5) is 0 Å². The molecule has 0 aromatic heterocycles. The second kappa shape index (κ2) is 11.8. The lowest BCUT2D eigenvalue weighted by atomic mass is 10.0. The Morgan fingerprint density at radius 2 is 1.07 bits per heavy atom. The van der Waals surface area contributed by atoms with Crippen LogP contribution >= 0.6 is 0 Å². The van der Waals surface area contributed by atoms with Crippen LogP contribution in [0.3, 0.4) is 0 Å². The molecule has 0 spiro atoms. The average Bonchev–Trinajstić information content (AvgIpc) is 2.69. The van der Waals surface area contributed by atoms with Gasteiger partial charge in [-0.2, -0.15) is 0 Å². The Labute approximate surface area is 172 Å². The highest BCUT2D eigenvalue weighted by Gasteiger charge is 2.10. The van der Waals surface area contributed by atoms with Crippen LogP contribution in [0.2, 0.25) is 0 Å². The summed E-state index contributed by atoms with van der Waals surface area (Å²) in [6, 6.07) is 14.3. The van der Waals surface area contributed by atoms with Crippen molar-refractivity contribution in [3.8, 4) is 11.5 Å². The fourth-order valence-electron chi connectivity index (χ4n) is 2.20. The molecule has 0 atom stereocenters. The standard InChI is InChI=1S/C21H26O5Si2/c1-15(2)25-27-13-23-19-9-5-17(6-10-19)21(22)18-7-11-20(12-8-18)24-14-28-26-16(3)4/h5-12,15-16H,13-14H2,1-4H3. The number of benzene rings is 2. The fourth-order valence-corrected chi connectivity index (χ4v) is 3.45. The molecule has 2 aromatic carbocycles. The van der Waals surface area contributed by atoms with Gasteiger partial charge in [0.15, 0.2) is 5.78 Å². The molecule has 0 aliphatic carbocycles. The summed E-state index contributed by atoms with van der Waals surface area (Å²) in [6.45, 7) is 7.98. The maximum atomic E-state index is 12.6. The SMILES string of the molecule is CC(C)O[Si]COc1ccc(C(=O)c2ccc(OC[Si]OC(C)C)cc2)cc1. The second-order valence-electron chi connectivity index (χ2n) is 6.58. The molecule has 0 heterocycles. The van der Waals surface area contributed by atoms with Gasteiger partial charge in [0.2, 0.25) is 0 Å². The third-order valence-corrected chi connectivity index (χ3v) is 5.27. The number of ether oxygens (including phenoxy) is 2. The first-order valence-electron chi connectivity index (χ1n) is 9.23. The van der Waals surface area contributed by atoms with Crippen LogP contribution in [-0.4, -0.2) is 50.0 Å². The minimum Gasteiger partial charge on any atom is -0.495 e. The van der Waals surface area contributed by atoms with Crippen molar-refractivity contribution in [1.82, 2.24) is 0 Å². The Balaban J connectivity index is 1.84. The summed E-state index contributed by atoms with van der Waals surface area (Å²) < 4.78 is 22.2. The highest BCUT2D eigenvalue weighted by Crippen LogP contribution is 2.18. The Kier molecular flexibility index (Phi) is 9.42. The molecule has 0 amide bonds. The van der Waals surface area contributed by atoms with Crippen molar-refractivity contribution in [2.45, 2.75) is 39.9 Å². The van der Waals surface area contributed by atoms with E-state index in [4.69, 9.17) is 18.3 Å². The van der Waals surface area contributed by atoms with Crippen molar-refractivity contribution in [2.24, 2.45) is 0 Å². The Hall–Kier alpha value is -1.94. The van der Waals surface area contributed by atoms with Crippen LogP contribution in [0.15, 0.2) is 48.5 Å². The Bertz CT molecular complexity index is 653. The van der Waals surface area contributed by atoms with E-state index in [2.05, 4.69) is 0 Å². The van der Waals surface area contributed by atoms with E-state index in [1.165, 1.54) is 0 Å². The molecule has 0 fully saturated rings. The van der Waals surface area contributed by atoms with Crippen LogP contribution in [0, 0.1) is 0 Å². The molecule has 0 aliphatic heterocycles. The van der Waals surface area contributed by atoms with Gasteiger partial charge in [0.1, 0.15) is 24.0 Å². The highest BCUT2D eigenvalue weighted by molar-refractivity contribution is 6.27. The molecular formula is C21H26O5Si2. The predicted molar refractivity (Wildman–Crippen MR) is 111 cm³/mol. The number of hydrogen-bond donors (Lipinski definition) is 0. The van der Waals surface area contributed by atoms with Crippen molar-refractivity contribution >= 4 is 25.3 Å². The zero-order chi connectivity index (χ0) is 20.4. The number of carbonyl (C=O) groups is 1. The first-order valence-corrected chi connectivity index (χ1v) is 11.5. The summed E-state index contributed by atoms with van der Waals surface area (Å²) >= 11 is 0. The van der Waals surface area contributed by atoms with Gasteiger partial charge in [0, 0.05) is 23.3 Å². The number of ketones is 1. The summed E-state index contributed by atoms with van der Waals surface area (Å²) in [7, 11) is 0.593. The molecule has 28 heavy (non-hydrogen) atoms. The summed E-state index contributed by atoms with van der Waals surface area (Å²) in [6.07, 6.45) is 1.42. The third-order valence-electron chi connectivity index (χ3n) is 3.47. The van der Waals surface area contributed by atoms with Gasteiger partial charge in [0.25, 0.3) is 19.5 Å². The van der Waals surface area contributed by atoms with Gasteiger partial charge in [-0.3, -0.25) is 4.79 Å². The largest absolute Gasteiger partial charge is 0.495 e. The summed E-state index contributed by atoms with van der Waals surface area (Å²) in [5, 5.41) is 0.